The van der Waals surface area contributed by atoms with Crippen molar-refractivity contribution in [1.82, 2.24) is 14.6 Å². The normalized spacial score (nSPS) is 12.1. The minimum Gasteiger partial charge on any atom is -0.327 e. The number of halogens is 1. The van der Waals surface area contributed by atoms with E-state index in [4.69, 9.17) is 5.73 Å². The van der Waals surface area contributed by atoms with Gasteiger partial charge in [0.2, 0.25) is 0 Å². The molecule has 1 aromatic rings. The highest BCUT2D eigenvalue weighted by molar-refractivity contribution is 5.01. The molecule has 0 atom stereocenters. The van der Waals surface area contributed by atoms with Gasteiger partial charge in [-0.3, -0.25) is 0 Å². The Labute approximate surface area is 74.2 Å². The van der Waals surface area contributed by atoms with E-state index in [0.29, 0.717) is 6.54 Å². The van der Waals surface area contributed by atoms with Crippen molar-refractivity contribution in [2.24, 2.45) is 5.73 Å². The number of aromatic nitrogens is 3. The van der Waals surface area contributed by atoms with Crippen LogP contribution in [-0.2, 0) is 6.54 Å². The van der Waals surface area contributed by atoms with E-state index < -0.39 is 5.69 Å². The molecule has 0 aromatic carbocycles. The number of nitrogens with two attached hydrogens (primary N) is 1. The Morgan fingerprint density at radius 2 is 2.54 bits per heavy atom. The lowest BCUT2D eigenvalue weighted by Gasteiger charge is -2.01. The highest BCUT2D eigenvalue weighted by Gasteiger charge is 2.04. The Bertz CT molecular complexity index is 365. The second kappa shape index (κ2) is 3.99. The van der Waals surface area contributed by atoms with Crippen LogP contribution in [0.5, 0.6) is 0 Å². The second-order valence-corrected chi connectivity index (χ2v) is 2.53. The molecule has 0 unspecified atom stereocenters. The molecular weight excluding hydrogens is 175 g/mol. The predicted octanol–water partition coefficient (Wildman–Crippen LogP) is -0.318. The topological polar surface area (TPSA) is 65.8 Å². The number of hydrogen-bond donors (Lipinski definition) is 1. The Morgan fingerprint density at radius 1 is 1.85 bits per heavy atom. The van der Waals surface area contributed by atoms with Gasteiger partial charge in [0.15, 0.2) is 6.33 Å². The SMILES string of the molecule is C/C=C(\CN)Cn1ncn(F)c1=O. The molecule has 0 aliphatic rings. The van der Waals surface area contributed by atoms with Crippen LogP contribution in [-0.4, -0.2) is 21.1 Å². The van der Waals surface area contributed by atoms with Crippen LogP contribution in [0.1, 0.15) is 6.92 Å². The van der Waals surface area contributed by atoms with E-state index in [0.717, 1.165) is 16.6 Å². The summed E-state index contributed by atoms with van der Waals surface area (Å²) >= 11 is 0. The lowest BCUT2D eigenvalue weighted by Crippen LogP contribution is -2.24. The molecule has 72 valence electrons. The molecular formula is C7H11FN4O. The van der Waals surface area contributed by atoms with Crippen LogP contribution in [0.4, 0.5) is 4.48 Å². The van der Waals surface area contributed by atoms with Crippen molar-refractivity contribution in [3.8, 4) is 0 Å². The fourth-order valence-electron chi connectivity index (χ4n) is 0.891. The van der Waals surface area contributed by atoms with Crippen molar-refractivity contribution in [1.29, 1.82) is 0 Å². The molecule has 2 N–H and O–H groups in total. The number of allylic oxidation sites excluding steroid dienone is 1. The second-order valence-electron chi connectivity index (χ2n) is 2.53. The van der Waals surface area contributed by atoms with Gasteiger partial charge in [-0.1, -0.05) is 10.6 Å². The van der Waals surface area contributed by atoms with Crippen molar-refractivity contribution in [2.45, 2.75) is 13.5 Å². The molecule has 0 radical (unpaired) electrons. The summed E-state index contributed by atoms with van der Waals surface area (Å²) in [7, 11) is 0. The molecule has 0 saturated carbocycles. The highest BCUT2D eigenvalue weighted by atomic mass is 19.2. The smallest absolute Gasteiger partial charge is 0.327 e. The molecule has 0 bridgehead atoms. The van der Waals surface area contributed by atoms with E-state index in [1.54, 1.807) is 13.0 Å². The average Bonchev–Trinajstić information content (AvgIpc) is 2.45. The molecule has 6 heteroatoms. The molecule has 0 aliphatic heterocycles. The Hall–Kier alpha value is -1.43. The summed E-state index contributed by atoms with van der Waals surface area (Å²) in [5.74, 6) is 0. The zero-order chi connectivity index (χ0) is 9.84. The summed E-state index contributed by atoms with van der Waals surface area (Å²) in [6, 6.07) is 0. The van der Waals surface area contributed by atoms with Gasteiger partial charge in [-0.2, -0.15) is 5.10 Å². The molecule has 13 heavy (non-hydrogen) atoms. The summed E-state index contributed by atoms with van der Waals surface area (Å²) in [5.41, 5.74) is 5.43. The molecule has 0 saturated heterocycles. The standard InChI is InChI=1S/C7H11FN4O/c1-2-6(3-9)4-12-7(13)11(8)5-10-12/h2,5H,3-4,9H2,1H3/b6-2+. The fraction of sp³-hybridized carbons (Fsp3) is 0.429. The maximum atomic E-state index is 12.5. The van der Waals surface area contributed by atoms with Crippen molar-refractivity contribution in [2.75, 3.05) is 6.54 Å². The van der Waals surface area contributed by atoms with Gasteiger partial charge in [-0.15, -0.1) is 4.79 Å². The number of nitrogens with zero attached hydrogens (tertiary/aromatic N) is 3. The molecule has 1 heterocycles. The van der Waals surface area contributed by atoms with Crippen molar-refractivity contribution in [3.05, 3.63) is 28.5 Å². The summed E-state index contributed by atoms with van der Waals surface area (Å²) in [4.78, 5) is 10.9. The van der Waals surface area contributed by atoms with Gasteiger partial charge in [0.1, 0.15) is 0 Å². The third kappa shape index (κ3) is 2.03. The first-order chi connectivity index (χ1) is 6.19. The van der Waals surface area contributed by atoms with E-state index >= 15 is 0 Å². The summed E-state index contributed by atoms with van der Waals surface area (Å²) in [5, 5.41) is 3.55. The van der Waals surface area contributed by atoms with E-state index in [9.17, 15) is 9.28 Å². The van der Waals surface area contributed by atoms with Gasteiger partial charge in [0.05, 0.1) is 6.54 Å². The highest BCUT2D eigenvalue weighted by Crippen LogP contribution is 1.93. The number of rotatable bonds is 3. The van der Waals surface area contributed by atoms with E-state index in [2.05, 4.69) is 5.10 Å². The molecule has 0 spiro atoms. The van der Waals surface area contributed by atoms with Crippen LogP contribution in [0.15, 0.2) is 22.8 Å². The molecule has 1 aromatic heterocycles. The molecule has 0 aliphatic carbocycles. The summed E-state index contributed by atoms with van der Waals surface area (Å²) in [6.07, 6.45) is 2.61. The van der Waals surface area contributed by atoms with Crippen LogP contribution in [0, 0.1) is 0 Å². The van der Waals surface area contributed by atoms with Crippen molar-refractivity contribution < 1.29 is 4.48 Å². The molecule has 0 amide bonds. The van der Waals surface area contributed by atoms with Gasteiger partial charge >= 0.3 is 5.69 Å². The lowest BCUT2D eigenvalue weighted by molar-refractivity contribution is 0.347. The molecule has 0 fully saturated rings. The zero-order valence-corrected chi connectivity index (χ0v) is 7.27. The van der Waals surface area contributed by atoms with Crippen molar-refractivity contribution >= 4 is 0 Å². The largest absolute Gasteiger partial charge is 0.374 e. The third-order valence-electron chi connectivity index (χ3n) is 1.72. The van der Waals surface area contributed by atoms with Crippen LogP contribution in [0.3, 0.4) is 0 Å². The Morgan fingerprint density at radius 3 is 2.92 bits per heavy atom. The maximum Gasteiger partial charge on any atom is 0.374 e. The third-order valence-corrected chi connectivity index (χ3v) is 1.72. The average molecular weight is 186 g/mol. The fourth-order valence-corrected chi connectivity index (χ4v) is 0.891. The van der Waals surface area contributed by atoms with Gasteiger partial charge in [0.25, 0.3) is 0 Å². The van der Waals surface area contributed by atoms with Crippen LogP contribution in [0.2, 0.25) is 0 Å². The Balaban J connectivity index is 2.86. The minimum atomic E-state index is -0.784. The maximum absolute atomic E-state index is 12.5. The quantitative estimate of drug-likeness (QED) is 0.658. The first kappa shape index (κ1) is 9.66. The zero-order valence-electron chi connectivity index (χ0n) is 7.27. The monoisotopic (exact) mass is 186 g/mol. The van der Waals surface area contributed by atoms with Crippen LogP contribution in [0.25, 0.3) is 0 Å². The Kier molecular flexibility index (Phi) is 2.97. The van der Waals surface area contributed by atoms with Gasteiger partial charge in [-0.05, 0) is 12.5 Å². The lowest BCUT2D eigenvalue weighted by atomic mass is 10.2. The first-order valence-electron chi connectivity index (χ1n) is 3.83. The van der Waals surface area contributed by atoms with Crippen molar-refractivity contribution in [3.63, 3.8) is 0 Å². The minimum absolute atomic E-state index is 0.0657. The predicted molar refractivity (Wildman–Crippen MR) is 45.8 cm³/mol. The van der Waals surface area contributed by atoms with Gasteiger partial charge in [-0.25, -0.2) is 9.48 Å². The van der Waals surface area contributed by atoms with E-state index in [1.165, 1.54) is 0 Å². The van der Waals surface area contributed by atoms with Crippen LogP contribution < -0.4 is 11.4 Å². The summed E-state index contributed by atoms with van der Waals surface area (Å²) < 4.78 is 13.5. The molecule has 5 nitrogen and oxygen atoms in total. The van der Waals surface area contributed by atoms with E-state index in [-0.39, 0.29) is 11.3 Å². The number of hydrogen-bond acceptors (Lipinski definition) is 3. The summed E-state index contributed by atoms with van der Waals surface area (Å²) in [6.45, 7) is 2.38. The van der Waals surface area contributed by atoms with Gasteiger partial charge in [0, 0.05) is 6.54 Å². The van der Waals surface area contributed by atoms with Crippen LogP contribution >= 0.6 is 0 Å². The van der Waals surface area contributed by atoms with Gasteiger partial charge < -0.3 is 5.73 Å². The van der Waals surface area contributed by atoms with E-state index in [1.807, 2.05) is 0 Å². The molecule has 1 rings (SSSR count). The first-order valence-corrected chi connectivity index (χ1v) is 3.83.